The number of hydrogen-bond donors (Lipinski definition) is 4. The van der Waals surface area contributed by atoms with Crippen LogP contribution in [0.5, 0.6) is 0 Å². The number of carbonyl (C=O) groups is 1. The van der Waals surface area contributed by atoms with Crippen LogP contribution in [-0.2, 0) is 4.79 Å². The molecule has 0 saturated heterocycles. The molecule has 0 aliphatic carbocycles. The topological polar surface area (TPSA) is 101 Å². The van der Waals surface area contributed by atoms with Crippen molar-refractivity contribution in [1.29, 1.82) is 0 Å². The Morgan fingerprint density at radius 1 is 1.14 bits per heavy atom. The summed E-state index contributed by atoms with van der Waals surface area (Å²) < 4.78 is 0. The second kappa shape index (κ2) is 14.9. The van der Waals surface area contributed by atoms with E-state index in [1.807, 2.05) is 0 Å². The molecule has 14 heavy (non-hydrogen) atoms. The van der Waals surface area contributed by atoms with Gasteiger partial charge < -0.3 is 21.9 Å². The Morgan fingerprint density at radius 3 is 2.00 bits per heavy atom. The van der Waals surface area contributed by atoms with Crippen molar-refractivity contribution in [2.24, 2.45) is 11.5 Å². The van der Waals surface area contributed by atoms with Gasteiger partial charge in [-0.3, -0.25) is 4.79 Å². The smallest absolute Gasteiger partial charge is 0.300 e. The first-order chi connectivity index (χ1) is 6.65. The van der Waals surface area contributed by atoms with Gasteiger partial charge in [0, 0.05) is 6.92 Å². The van der Waals surface area contributed by atoms with Crippen molar-refractivity contribution < 1.29 is 9.90 Å². The maximum atomic E-state index is 9.00. The first-order valence-electron chi connectivity index (χ1n) is 4.95. The Hall–Kier alpha value is -0.650. The Balaban J connectivity index is 0. The SMILES string of the molecule is CC(=O)O.NCCCCNCCCN. The molecule has 0 saturated carbocycles. The van der Waals surface area contributed by atoms with Gasteiger partial charge in [0.15, 0.2) is 0 Å². The largest absolute Gasteiger partial charge is 0.481 e. The number of rotatable bonds is 7. The van der Waals surface area contributed by atoms with Gasteiger partial charge in [0.05, 0.1) is 0 Å². The highest BCUT2D eigenvalue weighted by atomic mass is 16.4. The fourth-order valence-electron chi connectivity index (χ4n) is 0.746. The maximum absolute atomic E-state index is 9.00. The van der Waals surface area contributed by atoms with Crippen LogP contribution >= 0.6 is 0 Å². The molecule has 0 atom stereocenters. The lowest BCUT2D eigenvalue weighted by Gasteiger charge is -2.01. The third-order valence-electron chi connectivity index (χ3n) is 1.37. The van der Waals surface area contributed by atoms with Crippen LogP contribution in [0, 0.1) is 0 Å². The van der Waals surface area contributed by atoms with Gasteiger partial charge in [-0.1, -0.05) is 0 Å². The predicted octanol–water partition coefficient (Wildman–Crippen LogP) is -0.245. The van der Waals surface area contributed by atoms with Crippen molar-refractivity contribution in [3.8, 4) is 0 Å². The monoisotopic (exact) mass is 205 g/mol. The second-order valence-corrected chi connectivity index (χ2v) is 2.91. The lowest BCUT2D eigenvalue weighted by molar-refractivity contribution is -0.134. The first-order valence-corrected chi connectivity index (χ1v) is 4.95. The highest BCUT2D eigenvalue weighted by molar-refractivity contribution is 5.62. The molecular weight excluding hydrogens is 182 g/mol. The number of carboxylic acids is 1. The molecule has 0 aromatic carbocycles. The van der Waals surface area contributed by atoms with Gasteiger partial charge in [-0.2, -0.15) is 0 Å². The van der Waals surface area contributed by atoms with Crippen molar-refractivity contribution in [3.05, 3.63) is 0 Å². The Kier molecular flexibility index (Phi) is 16.8. The van der Waals surface area contributed by atoms with Crippen molar-refractivity contribution in [2.75, 3.05) is 26.2 Å². The van der Waals surface area contributed by atoms with E-state index in [9.17, 15) is 0 Å². The standard InChI is InChI=1S/C7H19N3.C2H4O2/c8-4-1-2-6-10-7-3-5-9;1-2(3)4/h10H,1-9H2;1H3,(H,3,4). The first kappa shape index (κ1) is 15.8. The van der Waals surface area contributed by atoms with E-state index in [1.165, 1.54) is 6.42 Å². The maximum Gasteiger partial charge on any atom is 0.300 e. The lowest BCUT2D eigenvalue weighted by atomic mass is 10.3. The molecule has 0 rings (SSSR count). The summed E-state index contributed by atoms with van der Waals surface area (Å²) in [6, 6.07) is 0. The van der Waals surface area contributed by atoms with Gasteiger partial charge >= 0.3 is 0 Å². The summed E-state index contributed by atoms with van der Waals surface area (Å²) in [7, 11) is 0. The molecule has 0 amide bonds. The average Bonchev–Trinajstić information content (AvgIpc) is 2.10. The van der Waals surface area contributed by atoms with E-state index in [2.05, 4.69) is 5.32 Å². The predicted molar refractivity (Wildman–Crippen MR) is 58.1 cm³/mol. The van der Waals surface area contributed by atoms with E-state index < -0.39 is 5.97 Å². The number of hydrogen-bond acceptors (Lipinski definition) is 4. The molecule has 0 fully saturated rings. The van der Waals surface area contributed by atoms with E-state index in [4.69, 9.17) is 21.4 Å². The minimum Gasteiger partial charge on any atom is -0.481 e. The summed E-state index contributed by atoms with van der Waals surface area (Å²) in [5, 5.41) is 10.7. The molecule has 86 valence electrons. The van der Waals surface area contributed by atoms with Crippen LogP contribution < -0.4 is 16.8 Å². The molecule has 0 radical (unpaired) electrons. The zero-order chi connectivity index (χ0) is 11.2. The Morgan fingerprint density at radius 2 is 1.57 bits per heavy atom. The molecular formula is C9H23N3O2. The Labute approximate surface area is 85.9 Å². The summed E-state index contributed by atoms with van der Waals surface area (Å²) >= 11 is 0. The van der Waals surface area contributed by atoms with E-state index in [0.717, 1.165) is 45.9 Å². The summed E-state index contributed by atoms with van der Waals surface area (Å²) in [6.07, 6.45) is 3.37. The van der Waals surface area contributed by atoms with Gasteiger partial charge in [0.2, 0.25) is 0 Å². The molecule has 0 aliphatic heterocycles. The number of nitrogens with two attached hydrogens (primary N) is 2. The fraction of sp³-hybridized carbons (Fsp3) is 0.889. The summed E-state index contributed by atoms with van der Waals surface area (Å²) in [6.45, 7) is 4.79. The third kappa shape index (κ3) is 30.2. The molecule has 0 aliphatic rings. The molecule has 6 N–H and O–H groups in total. The van der Waals surface area contributed by atoms with Gasteiger partial charge in [0.1, 0.15) is 0 Å². The van der Waals surface area contributed by atoms with Crippen molar-refractivity contribution >= 4 is 5.97 Å². The number of carboxylic acid groups (broad SMARTS) is 1. The minimum atomic E-state index is -0.833. The number of nitrogens with one attached hydrogen (secondary N) is 1. The highest BCUT2D eigenvalue weighted by Crippen LogP contribution is 1.81. The van der Waals surface area contributed by atoms with E-state index in [1.54, 1.807) is 0 Å². The molecule has 0 heterocycles. The molecule has 5 heteroatoms. The summed E-state index contributed by atoms with van der Waals surface area (Å²) in [5.74, 6) is -0.833. The average molecular weight is 205 g/mol. The fourth-order valence-corrected chi connectivity index (χ4v) is 0.746. The van der Waals surface area contributed by atoms with Gasteiger partial charge in [-0.15, -0.1) is 0 Å². The van der Waals surface area contributed by atoms with Crippen LogP contribution in [0.25, 0.3) is 0 Å². The Bertz CT molecular complexity index is 109. The molecule has 0 aromatic heterocycles. The van der Waals surface area contributed by atoms with Gasteiger partial charge in [-0.05, 0) is 45.4 Å². The summed E-state index contributed by atoms with van der Waals surface area (Å²) in [4.78, 5) is 9.00. The van der Waals surface area contributed by atoms with Crippen LogP contribution in [0.15, 0.2) is 0 Å². The van der Waals surface area contributed by atoms with Gasteiger partial charge in [-0.25, -0.2) is 0 Å². The van der Waals surface area contributed by atoms with Crippen molar-refractivity contribution in [3.63, 3.8) is 0 Å². The zero-order valence-corrected chi connectivity index (χ0v) is 8.96. The lowest BCUT2D eigenvalue weighted by Crippen LogP contribution is -2.19. The third-order valence-corrected chi connectivity index (χ3v) is 1.37. The quantitative estimate of drug-likeness (QED) is 0.429. The van der Waals surface area contributed by atoms with Crippen LogP contribution in [0.1, 0.15) is 26.2 Å². The van der Waals surface area contributed by atoms with E-state index in [-0.39, 0.29) is 0 Å². The number of unbranched alkanes of at least 4 members (excludes halogenated alkanes) is 1. The normalized spacial score (nSPS) is 9.07. The molecule has 0 spiro atoms. The van der Waals surface area contributed by atoms with Crippen LogP contribution in [0.4, 0.5) is 0 Å². The van der Waals surface area contributed by atoms with Crippen LogP contribution in [0.3, 0.4) is 0 Å². The molecule has 0 unspecified atom stereocenters. The second-order valence-electron chi connectivity index (χ2n) is 2.91. The molecule has 5 nitrogen and oxygen atoms in total. The van der Waals surface area contributed by atoms with E-state index >= 15 is 0 Å². The minimum absolute atomic E-state index is 0.782. The molecule has 0 aromatic rings. The highest BCUT2D eigenvalue weighted by Gasteiger charge is 1.85. The van der Waals surface area contributed by atoms with Crippen LogP contribution in [-0.4, -0.2) is 37.3 Å². The van der Waals surface area contributed by atoms with Crippen molar-refractivity contribution in [2.45, 2.75) is 26.2 Å². The van der Waals surface area contributed by atoms with Crippen molar-refractivity contribution in [1.82, 2.24) is 5.32 Å². The number of aliphatic carboxylic acids is 1. The van der Waals surface area contributed by atoms with E-state index in [0.29, 0.717) is 0 Å². The molecule has 0 bridgehead atoms. The summed E-state index contributed by atoms with van der Waals surface area (Å²) in [5.41, 5.74) is 10.6. The zero-order valence-electron chi connectivity index (χ0n) is 8.96. The van der Waals surface area contributed by atoms with Gasteiger partial charge in [0.25, 0.3) is 5.97 Å². The van der Waals surface area contributed by atoms with Crippen LogP contribution in [0.2, 0.25) is 0 Å².